The molecule has 18 heavy (non-hydrogen) atoms. The summed E-state index contributed by atoms with van der Waals surface area (Å²) in [7, 11) is 1.78. The largest absolute Gasteiger partial charge is 0.483 e. The Hall–Kier alpha value is -1.95. The van der Waals surface area contributed by atoms with E-state index in [-0.39, 0.29) is 12.4 Å². The van der Waals surface area contributed by atoms with Gasteiger partial charge < -0.3 is 14.4 Å². The molecule has 0 saturated heterocycles. The fourth-order valence-electron chi connectivity index (χ4n) is 1.47. The molecule has 1 N–H and O–H groups in total. The summed E-state index contributed by atoms with van der Waals surface area (Å²) in [5, 5.41) is 16.9. The second-order valence-electron chi connectivity index (χ2n) is 4.01. The summed E-state index contributed by atoms with van der Waals surface area (Å²) in [6.45, 7) is 1.72. The Kier molecular flexibility index (Phi) is 3.57. The first-order chi connectivity index (χ1) is 8.58. The third-order valence-corrected chi connectivity index (χ3v) is 2.60. The number of benzene rings is 1. The lowest BCUT2D eigenvalue weighted by molar-refractivity contribution is 0.198. The summed E-state index contributed by atoms with van der Waals surface area (Å²) < 4.78 is 20.7. The molecule has 0 radical (unpaired) electrons. The molecule has 0 amide bonds. The summed E-state index contributed by atoms with van der Waals surface area (Å²) in [6, 6.07) is 4.38. The summed E-state index contributed by atoms with van der Waals surface area (Å²) in [5.41, 5.74) is 0.513. The molecule has 0 aliphatic carbocycles. The molecule has 5 nitrogen and oxygen atoms in total. The van der Waals surface area contributed by atoms with E-state index in [1.807, 2.05) is 0 Å². The van der Waals surface area contributed by atoms with Gasteiger partial charge in [-0.2, -0.15) is 0 Å². The van der Waals surface area contributed by atoms with Gasteiger partial charge in [0.15, 0.2) is 17.4 Å². The SMILES string of the molecule is CC(O)c1ccc(OCc2nncn2C)c(F)c1. The third-order valence-electron chi connectivity index (χ3n) is 2.60. The number of aliphatic hydroxyl groups excluding tert-OH is 1. The van der Waals surface area contributed by atoms with Gasteiger partial charge in [0, 0.05) is 7.05 Å². The van der Waals surface area contributed by atoms with Crippen LogP contribution in [0.5, 0.6) is 5.75 Å². The lowest BCUT2D eigenvalue weighted by Gasteiger charge is -2.09. The average molecular weight is 251 g/mol. The Morgan fingerprint density at radius 2 is 2.28 bits per heavy atom. The van der Waals surface area contributed by atoms with Crippen molar-refractivity contribution < 1.29 is 14.2 Å². The highest BCUT2D eigenvalue weighted by atomic mass is 19.1. The van der Waals surface area contributed by atoms with Gasteiger partial charge >= 0.3 is 0 Å². The van der Waals surface area contributed by atoms with Crippen molar-refractivity contribution in [2.75, 3.05) is 0 Å². The third kappa shape index (κ3) is 2.65. The van der Waals surface area contributed by atoms with Crippen LogP contribution in [0.1, 0.15) is 24.4 Å². The number of hydrogen-bond acceptors (Lipinski definition) is 4. The maximum absolute atomic E-state index is 13.7. The number of aromatic nitrogens is 3. The van der Waals surface area contributed by atoms with E-state index in [0.29, 0.717) is 11.4 Å². The highest BCUT2D eigenvalue weighted by Gasteiger charge is 2.09. The van der Waals surface area contributed by atoms with E-state index in [1.54, 1.807) is 30.9 Å². The van der Waals surface area contributed by atoms with Gasteiger partial charge in [-0.05, 0) is 24.6 Å². The van der Waals surface area contributed by atoms with Crippen molar-refractivity contribution in [3.05, 3.63) is 41.7 Å². The first kappa shape index (κ1) is 12.5. The zero-order valence-electron chi connectivity index (χ0n) is 10.2. The molecule has 1 unspecified atom stereocenters. The van der Waals surface area contributed by atoms with Crippen LogP contribution in [0, 0.1) is 5.82 Å². The van der Waals surface area contributed by atoms with Gasteiger partial charge in [0.25, 0.3) is 0 Å². The molecule has 1 aromatic carbocycles. The van der Waals surface area contributed by atoms with E-state index in [1.165, 1.54) is 12.1 Å². The molecule has 1 aromatic heterocycles. The minimum atomic E-state index is -0.702. The first-order valence-electron chi connectivity index (χ1n) is 5.51. The average Bonchev–Trinajstić information content (AvgIpc) is 2.73. The van der Waals surface area contributed by atoms with Crippen LogP contribution >= 0.6 is 0 Å². The summed E-state index contributed by atoms with van der Waals surface area (Å²) in [5.74, 6) is 0.229. The molecular formula is C12H14FN3O2. The van der Waals surface area contributed by atoms with Crippen LogP contribution < -0.4 is 4.74 Å². The molecule has 1 atom stereocenters. The summed E-state index contributed by atoms with van der Waals surface area (Å²) in [4.78, 5) is 0. The molecule has 0 spiro atoms. The number of halogens is 1. The standard InChI is InChI=1S/C12H14FN3O2/c1-8(17)9-3-4-11(10(13)5-9)18-6-12-15-14-7-16(12)2/h3-5,7-8,17H,6H2,1-2H3. The molecule has 96 valence electrons. The van der Waals surface area contributed by atoms with E-state index in [2.05, 4.69) is 10.2 Å². The van der Waals surface area contributed by atoms with Gasteiger partial charge in [0.1, 0.15) is 12.9 Å². The van der Waals surface area contributed by atoms with Gasteiger partial charge in [-0.1, -0.05) is 6.07 Å². The Balaban J connectivity index is 2.08. The van der Waals surface area contributed by atoms with Crippen molar-refractivity contribution in [1.29, 1.82) is 0 Å². The van der Waals surface area contributed by atoms with Crippen LogP contribution in [-0.4, -0.2) is 19.9 Å². The van der Waals surface area contributed by atoms with E-state index < -0.39 is 11.9 Å². The van der Waals surface area contributed by atoms with Gasteiger partial charge in [-0.15, -0.1) is 10.2 Å². The van der Waals surface area contributed by atoms with Crippen LogP contribution in [0.3, 0.4) is 0 Å². The fourth-order valence-corrected chi connectivity index (χ4v) is 1.47. The molecular weight excluding hydrogens is 237 g/mol. The molecule has 0 aliphatic heterocycles. The lowest BCUT2D eigenvalue weighted by Crippen LogP contribution is -2.04. The Bertz CT molecular complexity index is 540. The topological polar surface area (TPSA) is 60.2 Å². The van der Waals surface area contributed by atoms with Gasteiger partial charge in [-0.3, -0.25) is 0 Å². The van der Waals surface area contributed by atoms with E-state index in [9.17, 15) is 9.50 Å². The predicted octanol–water partition coefficient (Wildman–Crippen LogP) is 1.59. The monoisotopic (exact) mass is 251 g/mol. The molecule has 0 aliphatic rings. The van der Waals surface area contributed by atoms with Crippen molar-refractivity contribution in [2.45, 2.75) is 19.6 Å². The molecule has 0 fully saturated rings. The highest BCUT2D eigenvalue weighted by molar-refractivity contribution is 5.30. The zero-order chi connectivity index (χ0) is 13.1. The second kappa shape index (κ2) is 5.14. The van der Waals surface area contributed by atoms with E-state index in [0.717, 1.165) is 0 Å². The van der Waals surface area contributed by atoms with Crippen molar-refractivity contribution >= 4 is 0 Å². The Morgan fingerprint density at radius 3 is 2.83 bits per heavy atom. The number of ether oxygens (including phenoxy) is 1. The normalized spacial score (nSPS) is 12.4. The lowest BCUT2D eigenvalue weighted by atomic mass is 10.1. The maximum Gasteiger partial charge on any atom is 0.170 e. The molecule has 0 bridgehead atoms. The molecule has 6 heteroatoms. The van der Waals surface area contributed by atoms with E-state index in [4.69, 9.17) is 4.74 Å². The number of aliphatic hydroxyl groups is 1. The van der Waals surface area contributed by atoms with Gasteiger partial charge in [0.05, 0.1) is 6.10 Å². The maximum atomic E-state index is 13.7. The van der Waals surface area contributed by atoms with Crippen molar-refractivity contribution in [2.24, 2.45) is 7.05 Å². The van der Waals surface area contributed by atoms with Crippen LogP contribution in [0.4, 0.5) is 4.39 Å². The summed E-state index contributed by atoms with van der Waals surface area (Å²) in [6.07, 6.45) is 0.846. The van der Waals surface area contributed by atoms with E-state index >= 15 is 0 Å². The van der Waals surface area contributed by atoms with Crippen molar-refractivity contribution in [3.63, 3.8) is 0 Å². The summed E-state index contributed by atoms with van der Waals surface area (Å²) >= 11 is 0. The van der Waals surface area contributed by atoms with Crippen molar-refractivity contribution in [3.8, 4) is 5.75 Å². The van der Waals surface area contributed by atoms with Crippen LogP contribution in [0.2, 0.25) is 0 Å². The Morgan fingerprint density at radius 1 is 1.50 bits per heavy atom. The number of rotatable bonds is 4. The van der Waals surface area contributed by atoms with Crippen LogP contribution in [-0.2, 0) is 13.7 Å². The van der Waals surface area contributed by atoms with Gasteiger partial charge in [0.2, 0.25) is 0 Å². The zero-order valence-corrected chi connectivity index (χ0v) is 10.2. The van der Waals surface area contributed by atoms with Crippen LogP contribution in [0.25, 0.3) is 0 Å². The molecule has 2 rings (SSSR count). The van der Waals surface area contributed by atoms with Gasteiger partial charge in [-0.25, -0.2) is 4.39 Å². The van der Waals surface area contributed by atoms with Crippen molar-refractivity contribution in [1.82, 2.24) is 14.8 Å². The minimum Gasteiger partial charge on any atom is -0.483 e. The Labute approximate surface area is 104 Å². The van der Waals surface area contributed by atoms with Crippen LogP contribution in [0.15, 0.2) is 24.5 Å². The fraction of sp³-hybridized carbons (Fsp3) is 0.333. The molecule has 1 heterocycles. The first-order valence-corrected chi connectivity index (χ1v) is 5.51. The number of hydrogen-bond donors (Lipinski definition) is 1. The number of nitrogens with zero attached hydrogens (tertiary/aromatic N) is 3. The molecule has 2 aromatic rings. The smallest absolute Gasteiger partial charge is 0.170 e. The predicted molar refractivity (Wildman–Crippen MR) is 62.4 cm³/mol. The second-order valence-corrected chi connectivity index (χ2v) is 4.01. The number of aryl methyl sites for hydroxylation is 1. The quantitative estimate of drug-likeness (QED) is 0.896. The minimum absolute atomic E-state index is 0.127. The molecule has 0 saturated carbocycles. The highest BCUT2D eigenvalue weighted by Crippen LogP contribution is 2.22.